The van der Waals surface area contributed by atoms with E-state index < -0.39 is 0 Å². The quantitative estimate of drug-likeness (QED) is 0.779. The molecule has 0 N–H and O–H groups in total. The molecule has 1 aromatic heterocycles. The summed E-state index contributed by atoms with van der Waals surface area (Å²) in [5.41, 5.74) is 2.35. The fraction of sp³-hybridized carbons (Fsp3) is 0.522. The topological polar surface area (TPSA) is 66.7 Å². The van der Waals surface area contributed by atoms with Crippen LogP contribution in [-0.4, -0.2) is 52.4 Å². The van der Waals surface area contributed by atoms with Crippen molar-refractivity contribution in [2.24, 2.45) is 5.92 Å². The molecule has 6 nitrogen and oxygen atoms in total. The van der Waals surface area contributed by atoms with E-state index in [1.165, 1.54) is 18.4 Å². The fourth-order valence-electron chi connectivity index (χ4n) is 4.13. The van der Waals surface area contributed by atoms with Gasteiger partial charge < -0.3 is 14.3 Å². The number of carbonyl (C=O) groups excluding carboxylic acids is 2. The van der Waals surface area contributed by atoms with E-state index in [-0.39, 0.29) is 30.2 Å². The molecule has 0 spiro atoms. The zero-order valence-electron chi connectivity index (χ0n) is 17.4. The van der Waals surface area contributed by atoms with Crippen molar-refractivity contribution in [1.82, 2.24) is 15.0 Å². The lowest BCUT2D eigenvalue weighted by Gasteiger charge is -2.43. The fourth-order valence-corrected chi connectivity index (χ4v) is 4.13. The molecule has 0 bridgehead atoms. The molecule has 1 unspecified atom stereocenters. The Balaban J connectivity index is 1.43. The number of rotatable bonds is 5. The van der Waals surface area contributed by atoms with Crippen LogP contribution >= 0.6 is 0 Å². The van der Waals surface area contributed by atoms with Crippen molar-refractivity contribution in [2.45, 2.75) is 51.5 Å². The van der Waals surface area contributed by atoms with Gasteiger partial charge in [0.15, 0.2) is 0 Å². The van der Waals surface area contributed by atoms with Crippen molar-refractivity contribution in [1.29, 1.82) is 0 Å². The molecule has 154 valence electrons. The summed E-state index contributed by atoms with van der Waals surface area (Å²) in [6.07, 6.45) is 4.20. The first-order valence-electron chi connectivity index (χ1n) is 10.5. The summed E-state index contributed by atoms with van der Waals surface area (Å²) in [5.74, 6) is 0.891. The number of benzene rings is 1. The lowest BCUT2D eigenvalue weighted by molar-refractivity contribution is -0.136. The molecule has 2 aromatic rings. The summed E-state index contributed by atoms with van der Waals surface area (Å²) in [5, 5.41) is 3.67. The van der Waals surface area contributed by atoms with E-state index in [0.717, 1.165) is 5.56 Å². The summed E-state index contributed by atoms with van der Waals surface area (Å²) in [4.78, 5) is 29.7. The molecule has 6 heteroatoms. The zero-order valence-corrected chi connectivity index (χ0v) is 17.4. The first-order valence-corrected chi connectivity index (χ1v) is 10.5. The van der Waals surface area contributed by atoms with Crippen LogP contribution in [0.3, 0.4) is 0 Å². The summed E-state index contributed by atoms with van der Waals surface area (Å²) >= 11 is 0. The van der Waals surface area contributed by atoms with Crippen molar-refractivity contribution in [3.8, 4) is 0 Å². The van der Waals surface area contributed by atoms with E-state index in [2.05, 4.69) is 38.1 Å². The second kappa shape index (κ2) is 7.65. The van der Waals surface area contributed by atoms with Crippen molar-refractivity contribution in [2.75, 3.05) is 19.6 Å². The van der Waals surface area contributed by atoms with Gasteiger partial charge in [-0.3, -0.25) is 9.59 Å². The van der Waals surface area contributed by atoms with Crippen LogP contribution in [0.1, 0.15) is 55.3 Å². The van der Waals surface area contributed by atoms with Crippen molar-refractivity contribution < 1.29 is 14.1 Å². The third-order valence-electron chi connectivity index (χ3n) is 6.44. The van der Waals surface area contributed by atoms with E-state index in [1.807, 2.05) is 21.9 Å². The Morgan fingerprint density at radius 3 is 2.48 bits per heavy atom. The highest BCUT2D eigenvalue weighted by Gasteiger charge is 2.39. The maximum Gasteiger partial charge on any atom is 0.253 e. The number of carbonyl (C=O) groups is 2. The van der Waals surface area contributed by atoms with Crippen LogP contribution in [0.5, 0.6) is 0 Å². The zero-order chi connectivity index (χ0) is 20.6. The van der Waals surface area contributed by atoms with Gasteiger partial charge in [0.05, 0.1) is 18.7 Å². The molecule has 1 saturated carbocycles. The molecule has 0 radical (unpaired) electrons. The number of amides is 2. The van der Waals surface area contributed by atoms with Gasteiger partial charge in [0.25, 0.3) is 5.91 Å². The van der Waals surface area contributed by atoms with Crippen LogP contribution in [0.4, 0.5) is 0 Å². The molecule has 4 rings (SSSR count). The smallest absolute Gasteiger partial charge is 0.253 e. The number of hydrogen-bond donors (Lipinski definition) is 0. The Bertz CT molecular complexity index is 869. The van der Waals surface area contributed by atoms with Crippen LogP contribution < -0.4 is 0 Å². The van der Waals surface area contributed by atoms with Crippen molar-refractivity contribution in [3.05, 3.63) is 53.4 Å². The number of aromatic nitrogens is 1. The Hall–Kier alpha value is -2.63. The molecular formula is C23H29N3O3. The highest BCUT2D eigenvalue weighted by molar-refractivity contribution is 5.94. The average molecular weight is 396 g/mol. The lowest BCUT2D eigenvalue weighted by Crippen LogP contribution is -2.58. The second-order valence-corrected chi connectivity index (χ2v) is 8.94. The average Bonchev–Trinajstić information content (AvgIpc) is 3.27. The van der Waals surface area contributed by atoms with Gasteiger partial charge in [-0.25, -0.2) is 0 Å². The standard InChI is InChI=1S/C23H29N3O3/c1-16(2)20-15-25(12-13-26(20)21(27)14-19-8-11-24-29-19)22(28)17-4-6-18(7-5-17)23(3)9-10-23/h4-8,11,16,20H,9-10,12-15H2,1-3H3. The largest absolute Gasteiger partial charge is 0.361 e. The highest BCUT2D eigenvalue weighted by Crippen LogP contribution is 2.47. The molecule has 29 heavy (non-hydrogen) atoms. The molecule has 1 aliphatic carbocycles. The Morgan fingerprint density at radius 2 is 1.90 bits per heavy atom. The second-order valence-electron chi connectivity index (χ2n) is 8.94. The molecule has 1 aromatic carbocycles. The third-order valence-corrected chi connectivity index (χ3v) is 6.44. The van der Waals surface area contributed by atoms with Gasteiger partial charge in [-0.1, -0.05) is 38.1 Å². The highest BCUT2D eigenvalue weighted by atomic mass is 16.5. The lowest BCUT2D eigenvalue weighted by atomic mass is 9.96. The monoisotopic (exact) mass is 395 g/mol. The summed E-state index contributed by atoms with van der Waals surface area (Å²) in [6.45, 7) is 8.10. The minimum Gasteiger partial charge on any atom is -0.361 e. The van der Waals surface area contributed by atoms with Crippen LogP contribution in [0.25, 0.3) is 0 Å². The number of piperazine rings is 1. The van der Waals surface area contributed by atoms with Gasteiger partial charge in [-0.15, -0.1) is 0 Å². The predicted octanol–water partition coefficient (Wildman–Crippen LogP) is 3.28. The van der Waals surface area contributed by atoms with E-state index >= 15 is 0 Å². The number of hydrogen-bond acceptors (Lipinski definition) is 4. The van der Waals surface area contributed by atoms with E-state index in [4.69, 9.17) is 4.52 Å². The molecular weight excluding hydrogens is 366 g/mol. The minimum atomic E-state index is -0.00669. The minimum absolute atomic E-state index is 0.00669. The van der Waals surface area contributed by atoms with Gasteiger partial charge in [0.1, 0.15) is 5.76 Å². The maximum absolute atomic E-state index is 13.1. The molecule has 2 fully saturated rings. The first kappa shape index (κ1) is 19.7. The van der Waals surface area contributed by atoms with E-state index in [0.29, 0.717) is 30.8 Å². The van der Waals surface area contributed by atoms with Crippen molar-refractivity contribution >= 4 is 11.8 Å². The molecule has 2 amide bonds. The van der Waals surface area contributed by atoms with Crippen LogP contribution in [0.2, 0.25) is 0 Å². The van der Waals surface area contributed by atoms with E-state index in [9.17, 15) is 9.59 Å². The molecule has 1 aliphatic heterocycles. The summed E-state index contributed by atoms with van der Waals surface area (Å²) in [7, 11) is 0. The Kier molecular flexibility index (Phi) is 5.19. The Morgan fingerprint density at radius 1 is 1.17 bits per heavy atom. The Labute approximate surface area is 171 Å². The molecule has 2 heterocycles. The molecule has 1 atom stereocenters. The SMILES string of the molecule is CC(C)C1CN(C(=O)c2ccc(C3(C)CC3)cc2)CCN1C(=O)Cc1ccno1. The first-order chi connectivity index (χ1) is 13.9. The molecule has 1 saturated heterocycles. The van der Waals surface area contributed by atoms with Crippen molar-refractivity contribution in [3.63, 3.8) is 0 Å². The molecule has 2 aliphatic rings. The van der Waals surface area contributed by atoms with Gasteiger partial charge in [0.2, 0.25) is 5.91 Å². The van der Waals surface area contributed by atoms with Gasteiger partial charge in [0, 0.05) is 31.3 Å². The van der Waals surface area contributed by atoms with Gasteiger partial charge in [-0.05, 0) is 41.9 Å². The van der Waals surface area contributed by atoms with Crippen LogP contribution in [-0.2, 0) is 16.6 Å². The summed E-state index contributed by atoms with van der Waals surface area (Å²) in [6, 6.07) is 9.80. The maximum atomic E-state index is 13.1. The summed E-state index contributed by atoms with van der Waals surface area (Å²) < 4.78 is 5.08. The van der Waals surface area contributed by atoms with Gasteiger partial charge >= 0.3 is 0 Å². The predicted molar refractivity (Wildman–Crippen MR) is 109 cm³/mol. The normalized spacial score (nSPS) is 20.8. The van der Waals surface area contributed by atoms with Crippen LogP contribution in [0.15, 0.2) is 41.1 Å². The number of nitrogens with zero attached hydrogens (tertiary/aromatic N) is 3. The van der Waals surface area contributed by atoms with Crippen LogP contribution in [0, 0.1) is 5.92 Å². The van der Waals surface area contributed by atoms with E-state index in [1.54, 1.807) is 12.3 Å². The van der Waals surface area contributed by atoms with Gasteiger partial charge in [-0.2, -0.15) is 0 Å². The third kappa shape index (κ3) is 4.07.